The van der Waals surface area contributed by atoms with Crippen molar-refractivity contribution >= 4 is 38.7 Å². The first kappa shape index (κ1) is 28.6. The van der Waals surface area contributed by atoms with Crippen LogP contribution in [0.5, 0.6) is 5.75 Å². The molecule has 0 bridgehead atoms. The lowest BCUT2D eigenvalue weighted by Gasteiger charge is -2.29. The van der Waals surface area contributed by atoms with Crippen molar-refractivity contribution in [1.29, 1.82) is 0 Å². The zero-order valence-corrected chi connectivity index (χ0v) is 25.9. The maximum absolute atomic E-state index is 11.9. The van der Waals surface area contributed by atoms with Crippen LogP contribution >= 0.6 is 12.2 Å². The number of ether oxygens (including phenoxy) is 1. The molecule has 2 aromatic carbocycles. The molecule has 0 saturated carbocycles. The van der Waals surface area contributed by atoms with Crippen LogP contribution in [0.15, 0.2) is 60.8 Å². The minimum Gasteiger partial charge on any atom is -0.494 e. The Balaban J connectivity index is 1.69. The minimum atomic E-state index is -3.49. The lowest BCUT2D eigenvalue weighted by atomic mass is 9.96. The highest BCUT2D eigenvalue weighted by Crippen LogP contribution is 2.45. The molecule has 8 nitrogen and oxygen atoms in total. The van der Waals surface area contributed by atoms with Gasteiger partial charge in [0.25, 0.3) is 0 Å². The van der Waals surface area contributed by atoms with Crippen LogP contribution in [0.3, 0.4) is 0 Å². The van der Waals surface area contributed by atoms with Gasteiger partial charge in [-0.05, 0) is 93.9 Å². The van der Waals surface area contributed by atoms with Gasteiger partial charge in [0.15, 0.2) is 5.11 Å². The van der Waals surface area contributed by atoms with E-state index in [0.29, 0.717) is 16.5 Å². The van der Waals surface area contributed by atoms with Crippen molar-refractivity contribution in [3.8, 4) is 11.4 Å². The molecule has 41 heavy (non-hydrogen) atoms. The van der Waals surface area contributed by atoms with E-state index in [1.54, 1.807) is 12.3 Å². The van der Waals surface area contributed by atoms with E-state index < -0.39 is 10.0 Å². The number of nitrogens with zero attached hydrogens (tertiary/aromatic N) is 3. The number of aryl methyl sites for hydroxylation is 4. The summed E-state index contributed by atoms with van der Waals surface area (Å²) in [5.41, 5.74) is 10.2. The monoisotopic (exact) mass is 589 g/mol. The van der Waals surface area contributed by atoms with Gasteiger partial charge in [0.2, 0.25) is 10.0 Å². The second kappa shape index (κ2) is 10.8. The fraction of sp³-hybridized carbons (Fsp3) is 0.290. The van der Waals surface area contributed by atoms with Crippen LogP contribution in [0.25, 0.3) is 5.69 Å². The van der Waals surface area contributed by atoms with Gasteiger partial charge in [-0.25, -0.2) is 8.42 Å². The van der Waals surface area contributed by atoms with E-state index >= 15 is 0 Å². The molecule has 0 spiro atoms. The molecule has 10 heteroatoms. The summed E-state index contributed by atoms with van der Waals surface area (Å²) in [6.07, 6.45) is 2.90. The second-order valence-corrected chi connectivity index (χ2v) is 12.8. The van der Waals surface area contributed by atoms with Crippen LogP contribution in [0.2, 0.25) is 0 Å². The fourth-order valence-corrected chi connectivity index (χ4v) is 6.93. The number of aromatic nitrogens is 2. The Morgan fingerprint density at radius 2 is 1.71 bits per heavy atom. The van der Waals surface area contributed by atoms with Crippen LogP contribution < -0.4 is 19.7 Å². The maximum atomic E-state index is 11.9. The van der Waals surface area contributed by atoms with Crippen molar-refractivity contribution in [2.45, 2.75) is 46.7 Å². The van der Waals surface area contributed by atoms with Gasteiger partial charge < -0.3 is 19.5 Å². The molecule has 0 amide bonds. The van der Waals surface area contributed by atoms with Gasteiger partial charge in [-0.15, -0.1) is 0 Å². The SMILES string of the molecule is COc1cc(N2C(=S)N[C@H](c3ccccn3)[C@H]2c2cc(C)n(-c3c(C)cc(C)cc3C)c2C)ccc1NS(C)(=O)=O. The molecule has 1 saturated heterocycles. The molecule has 3 heterocycles. The number of sulfonamides is 1. The van der Waals surface area contributed by atoms with Crippen LogP contribution in [0, 0.1) is 34.6 Å². The van der Waals surface area contributed by atoms with E-state index in [1.807, 2.05) is 30.3 Å². The molecule has 1 fully saturated rings. The van der Waals surface area contributed by atoms with Gasteiger partial charge in [-0.2, -0.15) is 0 Å². The zero-order valence-electron chi connectivity index (χ0n) is 24.3. The number of pyridine rings is 1. The average Bonchev–Trinajstić information content (AvgIpc) is 3.39. The Hall–Kier alpha value is -3.89. The number of nitrogens with one attached hydrogen (secondary N) is 2. The Morgan fingerprint density at radius 3 is 2.32 bits per heavy atom. The number of hydrogen-bond acceptors (Lipinski definition) is 5. The standard InChI is InChI=1S/C31H35N5O3S2/c1-18-14-19(2)29(20(3)15-18)35-21(4)16-24(22(35)5)30-28(26-10-8-9-13-32-26)33-31(40)36(30)23-11-12-25(27(17-23)39-6)34-41(7,37)38/h8-17,28,30,34H,1-7H3,(H,33,40)/t28-,30-/m1/s1. The van der Waals surface area contributed by atoms with E-state index in [4.69, 9.17) is 17.0 Å². The topological polar surface area (TPSA) is 88.5 Å². The number of rotatable bonds is 7. The number of hydrogen-bond donors (Lipinski definition) is 2. The molecular weight excluding hydrogens is 555 g/mol. The van der Waals surface area contributed by atoms with E-state index in [-0.39, 0.29) is 12.1 Å². The molecule has 2 N–H and O–H groups in total. The average molecular weight is 590 g/mol. The summed E-state index contributed by atoms with van der Waals surface area (Å²) in [5.74, 6) is 0.395. The Morgan fingerprint density at radius 1 is 1.00 bits per heavy atom. The number of thiocarbonyl (C=S) groups is 1. The third-order valence-electron chi connectivity index (χ3n) is 7.50. The lowest BCUT2D eigenvalue weighted by Crippen LogP contribution is -2.29. The summed E-state index contributed by atoms with van der Waals surface area (Å²) < 4.78 is 34.3. The van der Waals surface area contributed by atoms with Crippen molar-refractivity contribution in [2.75, 3.05) is 23.0 Å². The molecule has 2 aromatic heterocycles. The van der Waals surface area contributed by atoms with Gasteiger partial charge in [0.05, 0.1) is 42.5 Å². The molecular formula is C31H35N5O3S2. The van der Waals surface area contributed by atoms with Crippen molar-refractivity contribution in [3.63, 3.8) is 0 Å². The molecule has 0 aliphatic carbocycles. The largest absolute Gasteiger partial charge is 0.494 e. The highest BCUT2D eigenvalue weighted by molar-refractivity contribution is 7.92. The van der Waals surface area contributed by atoms with Crippen LogP contribution in [-0.2, 0) is 10.0 Å². The smallest absolute Gasteiger partial charge is 0.229 e. The lowest BCUT2D eigenvalue weighted by molar-refractivity contribution is 0.417. The van der Waals surface area contributed by atoms with Gasteiger partial charge in [0.1, 0.15) is 5.75 Å². The molecule has 214 valence electrons. The third-order valence-corrected chi connectivity index (χ3v) is 8.41. The fourth-order valence-electron chi connectivity index (χ4n) is 6.02. The first-order chi connectivity index (χ1) is 19.4. The second-order valence-electron chi connectivity index (χ2n) is 10.7. The number of anilines is 2. The summed E-state index contributed by atoms with van der Waals surface area (Å²) >= 11 is 5.94. The van der Waals surface area contributed by atoms with E-state index in [2.05, 4.69) is 77.3 Å². The first-order valence-corrected chi connectivity index (χ1v) is 15.6. The van der Waals surface area contributed by atoms with Gasteiger partial charge in [-0.1, -0.05) is 23.8 Å². The molecule has 1 aliphatic heterocycles. The molecule has 0 unspecified atom stereocenters. The third kappa shape index (κ3) is 5.41. The Bertz CT molecular complexity index is 1730. The summed E-state index contributed by atoms with van der Waals surface area (Å²) in [7, 11) is -1.97. The predicted molar refractivity (Wildman–Crippen MR) is 169 cm³/mol. The van der Waals surface area contributed by atoms with Gasteiger partial charge in [0, 0.05) is 29.3 Å². The Kier molecular flexibility index (Phi) is 7.56. The summed E-state index contributed by atoms with van der Waals surface area (Å²) in [4.78, 5) is 6.76. The molecule has 4 aromatic rings. The van der Waals surface area contributed by atoms with Crippen molar-refractivity contribution < 1.29 is 13.2 Å². The van der Waals surface area contributed by atoms with E-state index in [0.717, 1.165) is 34.6 Å². The maximum Gasteiger partial charge on any atom is 0.229 e. The van der Waals surface area contributed by atoms with E-state index in [1.165, 1.54) is 29.5 Å². The van der Waals surface area contributed by atoms with Crippen LogP contribution in [0.4, 0.5) is 11.4 Å². The van der Waals surface area contributed by atoms with Crippen LogP contribution in [0.1, 0.15) is 51.4 Å². The van der Waals surface area contributed by atoms with Crippen molar-refractivity contribution in [1.82, 2.24) is 14.9 Å². The van der Waals surface area contributed by atoms with Crippen molar-refractivity contribution in [3.05, 3.63) is 100 Å². The first-order valence-electron chi connectivity index (χ1n) is 13.3. The van der Waals surface area contributed by atoms with Gasteiger partial charge in [-0.3, -0.25) is 9.71 Å². The predicted octanol–water partition coefficient (Wildman–Crippen LogP) is 5.97. The van der Waals surface area contributed by atoms with Gasteiger partial charge >= 0.3 is 0 Å². The molecule has 5 rings (SSSR count). The van der Waals surface area contributed by atoms with E-state index in [9.17, 15) is 8.42 Å². The van der Waals surface area contributed by atoms with Crippen molar-refractivity contribution in [2.24, 2.45) is 0 Å². The molecule has 1 aliphatic rings. The minimum absolute atomic E-state index is 0.224. The Labute approximate surface area is 247 Å². The summed E-state index contributed by atoms with van der Waals surface area (Å²) in [6, 6.07) is 17.4. The summed E-state index contributed by atoms with van der Waals surface area (Å²) in [6.45, 7) is 10.7. The highest BCUT2D eigenvalue weighted by atomic mass is 32.2. The molecule has 0 radical (unpaired) electrons. The number of benzene rings is 2. The highest BCUT2D eigenvalue weighted by Gasteiger charge is 2.42. The normalized spacial score (nSPS) is 17.0. The summed E-state index contributed by atoms with van der Waals surface area (Å²) in [5, 5.41) is 4.06. The zero-order chi connectivity index (χ0) is 29.6. The van der Waals surface area contributed by atoms with Crippen LogP contribution in [-0.4, -0.2) is 36.4 Å². The molecule has 2 atom stereocenters. The quantitative estimate of drug-likeness (QED) is 0.257. The number of methoxy groups -OCH3 is 1.